The molecule has 2 aromatic heterocycles. The quantitative estimate of drug-likeness (QED) is 0.545. The molecule has 3 aromatic rings. The number of likely N-dealkylation sites (tertiary alicyclic amines) is 1. The van der Waals surface area contributed by atoms with Crippen molar-refractivity contribution in [3.05, 3.63) is 49.2 Å². The Morgan fingerprint density at radius 1 is 1.27 bits per heavy atom. The Bertz CT molecular complexity index is 1040. The highest BCUT2D eigenvalue weighted by atomic mass is 16.2. The summed E-state index contributed by atoms with van der Waals surface area (Å²) in [5.74, 6) is 1.24. The predicted molar refractivity (Wildman–Crippen MR) is 121 cm³/mol. The zero-order chi connectivity index (χ0) is 21.1. The highest BCUT2D eigenvalue weighted by Crippen LogP contribution is 2.26. The van der Waals surface area contributed by atoms with Gasteiger partial charge in [-0.1, -0.05) is 6.58 Å². The zero-order valence-electron chi connectivity index (χ0n) is 17.4. The van der Waals surface area contributed by atoms with Crippen LogP contribution in [0.1, 0.15) is 12.8 Å². The third kappa shape index (κ3) is 4.22. The number of rotatable bonds is 6. The Labute approximate surface area is 176 Å². The molecule has 1 amide bonds. The maximum atomic E-state index is 12.0. The Morgan fingerprint density at radius 2 is 2.07 bits per heavy atom. The van der Waals surface area contributed by atoms with Crippen LogP contribution in [0.4, 0.5) is 23.1 Å². The van der Waals surface area contributed by atoms with Gasteiger partial charge in [0.05, 0.1) is 5.39 Å². The molecule has 8 heteroatoms. The van der Waals surface area contributed by atoms with Crippen molar-refractivity contribution in [1.29, 1.82) is 0 Å². The maximum absolute atomic E-state index is 12.0. The summed E-state index contributed by atoms with van der Waals surface area (Å²) in [6, 6.07) is 10.2. The van der Waals surface area contributed by atoms with E-state index < -0.39 is 0 Å². The van der Waals surface area contributed by atoms with Crippen LogP contribution in [0.25, 0.3) is 11.0 Å². The van der Waals surface area contributed by atoms with E-state index in [2.05, 4.69) is 32.1 Å². The number of aromatic amines is 1. The van der Waals surface area contributed by atoms with Gasteiger partial charge in [0.1, 0.15) is 11.5 Å². The Hall–Kier alpha value is -3.55. The minimum atomic E-state index is -0.0282. The Kier molecular flexibility index (Phi) is 5.56. The van der Waals surface area contributed by atoms with E-state index in [1.165, 1.54) is 6.08 Å². The van der Waals surface area contributed by atoms with Crippen molar-refractivity contribution in [2.75, 3.05) is 42.7 Å². The van der Waals surface area contributed by atoms with Crippen molar-refractivity contribution in [2.24, 2.45) is 0 Å². The minimum Gasteiger partial charge on any atom is -0.378 e. The van der Waals surface area contributed by atoms with E-state index in [0.717, 1.165) is 47.6 Å². The fraction of sp³-hybridized carbons (Fsp3) is 0.318. The molecule has 30 heavy (non-hydrogen) atoms. The first kappa shape index (κ1) is 19.8. The number of piperidine rings is 1. The van der Waals surface area contributed by atoms with Crippen LogP contribution in [0.3, 0.4) is 0 Å². The molecule has 156 valence electrons. The number of fused-ring (bicyclic) bond motifs is 1. The Morgan fingerprint density at radius 3 is 2.80 bits per heavy atom. The van der Waals surface area contributed by atoms with Crippen LogP contribution in [0.15, 0.2) is 49.2 Å². The molecule has 3 N–H and O–H groups in total. The van der Waals surface area contributed by atoms with Crippen molar-refractivity contribution >= 4 is 40.1 Å². The van der Waals surface area contributed by atoms with Crippen LogP contribution >= 0.6 is 0 Å². The normalized spacial score (nSPS) is 16.3. The topological polar surface area (TPSA) is 89.2 Å². The van der Waals surface area contributed by atoms with E-state index in [1.54, 1.807) is 0 Å². The first-order chi connectivity index (χ1) is 14.5. The summed E-state index contributed by atoms with van der Waals surface area (Å²) in [5.41, 5.74) is 2.80. The van der Waals surface area contributed by atoms with E-state index in [1.807, 2.05) is 55.5 Å². The molecule has 1 unspecified atom stereocenters. The number of nitrogens with one attached hydrogen (secondary N) is 3. The zero-order valence-corrected chi connectivity index (χ0v) is 17.4. The highest BCUT2D eigenvalue weighted by Gasteiger charge is 2.23. The number of nitrogens with zero attached hydrogens (tertiary/aromatic N) is 4. The van der Waals surface area contributed by atoms with E-state index >= 15 is 0 Å². The van der Waals surface area contributed by atoms with Gasteiger partial charge in [-0.2, -0.15) is 9.97 Å². The van der Waals surface area contributed by atoms with Gasteiger partial charge in [0.2, 0.25) is 11.9 Å². The lowest BCUT2D eigenvalue weighted by Gasteiger charge is -2.33. The monoisotopic (exact) mass is 405 g/mol. The summed E-state index contributed by atoms with van der Waals surface area (Å²) in [6.45, 7) is 5.00. The van der Waals surface area contributed by atoms with Gasteiger partial charge in [-0.05, 0) is 49.2 Å². The minimum absolute atomic E-state index is 0.0282. The fourth-order valence-corrected chi connectivity index (χ4v) is 3.70. The second kappa shape index (κ2) is 8.44. The number of carbonyl (C=O) groups excluding carboxylic acids is 1. The molecule has 8 nitrogen and oxygen atoms in total. The first-order valence-corrected chi connectivity index (χ1v) is 10.1. The van der Waals surface area contributed by atoms with E-state index in [4.69, 9.17) is 4.98 Å². The van der Waals surface area contributed by atoms with Gasteiger partial charge >= 0.3 is 0 Å². The molecule has 1 aliphatic heterocycles. The lowest BCUT2D eigenvalue weighted by molar-refractivity contribution is -0.127. The number of aromatic nitrogens is 3. The molecule has 1 aliphatic rings. The maximum Gasteiger partial charge on any atom is 0.246 e. The lowest BCUT2D eigenvalue weighted by Crippen LogP contribution is -2.44. The average molecular weight is 406 g/mol. The molecule has 0 bridgehead atoms. The van der Waals surface area contributed by atoms with Gasteiger partial charge in [0.15, 0.2) is 0 Å². The second-order valence-electron chi connectivity index (χ2n) is 7.67. The molecule has 0 saturated carbocycles. The lowest BCUT2D eigenvalue weighted by atomic mass is 10.1. The smallest absolute Gasteiger partial charge is 0.246 e. The van der Waals surface area contributed by atoms with Crippen LogP contribution in [-0.4, -0.2) is 59.0 Å². The summed E-state index contributed by atoms with van der Waals surface area (Å²) >= 11 is 0. The molecule has 1 atom stereocenters. The third-order valence-corrected chi connectivity index (χ3v) is 5.30. The van der Waals surface area contributed by atoms with Crippen molar-refractivity contribution in [3.63, 3.8) is 0 Å². The van der Waals surface area contributed by atoms with Crippen LogP contribution in [0.5, 0.6) is 0 Å². The molecule has 1 aromatic carbocycles. The van der Waals surface area contributed by atoms with Crippen LogP contribution in [-0.2, 0) is 4.79 Å². The van der Waals surface area contributed by atoms with Crippen molar-refractivity contribution in [3.8, 4) is 0 Å². The number of hydrogen-bond donors (Lipinski definition) is 3. The third-order valence-electron chi connectivity index (χ3n) is 5.30. The van der Waals surface area contributed by atoms with Gasteiger partial charge in [0.25, 0.3) is 0 Å². The highest BCUT2D eigenvalue weighted by molar-refractivity contribution is 5.89. The number of H-pyrrole nitrogens is 1. The molecule has 1 fully saturated rings. The van der Waals surface area contributed by atoms with Gasteiger partial charge in [-0.3, -0.25) is 4.79 Å². The summed E-state index contributed by atoms with van der Waals surface area (Å²) < 4.78 is 0. The molecule has 3 heterocycles. The number of anilines is 4. The summed E-state index contributed by atoms with van der Waals surface area (Å²) in [4.78, 5) is 28.4. The summed E-state index contributed by atoms with van der Waals surface area (Å²) in [7, 11) is 4.02. The molecule has 0 radical (unpaired) electrons. The molecule has 0 aliphatic carbocycles. The molecule has 0 spiro atoms. The van der Waals surface area contributed by atoms with Crippen LogP contribution < -0.4 is 15.5 Å². The SMILES string of the molecule is C=CC(=O)N1CCCC(Nc2nc(Nc3ccc(N(C)C)cc3)nc3[nH]ccc23)C1. The fourth-order valence-electron chi connectivity index (χ4n) is 3.70. The molecule has 4 rings (SSSR count). The van der Waals surface area contributed by atoms with Gasteiger partial charge in [-0.15, -0.1) is 0 Å². The predicted octanol–water partition coefficient (Wildman–Crippen LogP) is 3.36. The van der Waals surface area contributed by atoms with Crippen molar-refractivity contribution in [1.82, 2.24) is 19.9 Å². The molecular weight excluding hydrogens is 378 g/mol. The second-order valence-corrected chi connectivity index (χ2v) is 7.67. The van der Waals surface area contributed by atoms with Gasteiger partial charge in [-0.25, -0.2) is 0 Å². The largest absolute Gasteiger partial charge is 0.378 e. The van der Waals surface area contributed by atoms with Gasteiger partial charge in [0, 0.05) is 50.8 Å². The Balaban J connectivity index is 1.55. The number of benzene rings is 1. The van der Waals surface area contributed by atoms with Gasteiger partial charge < -0.3 is 25.4 Å². The van der Waals surface area contributed by atoms with E-state index in [-0.39, 0.29) is 11.9 Å². The van der Waals surface area contributed by atoms with E-state index in [0.29, 0.717) is 12.5 Å². The average Bonchev–Trinajstić information content (AvgIpc) is 3.23. The summed E-state index contributed by atoms with van der Waals surface area (Å²) in [5, 5.41) is 7.74. The standard InChI is InChI=1S/C22H27N7O/c1-4-19(30)29-13-5-6-16(14-29)24-21-18-11-12-23-20(18)26-22(27-21)25-15-7-9-17(10-8-15)28(2)3/h4,7-12,16H,1,5-6,13-14H2,2-3H3,(H3,23,24,25,26,27). The van der Waals surface area contributed by atoms with Crippen molar-refractivity contribution < 1.29 is 4.79 Å². The molecular formula is C22H27N7O. The number of hydrogen-bond acceptors (Lipinski definition) is 6. The first-order valence-electron chi connectivity index (χ1n) is 10.1. The summed E-state index contributed by atoms with van der Waals surface area (Å²) in [6.07, 6.45) is 5.16. The number of carbonyl (C=O) groups is 1. The number of amides is 1. The van der Waals surface area contributed by atoms with Crippen LogP contribution in [0.2, 0.25) is 0 Å². The van der Waals surface area contributed by atoms with Crippen molar-refractivity contribution in [2.45, 2.75) is 18.9 Å². The van der Waals surface area contributed by atoms with Crippen LogP contribution in [0, 0.1) is 0 Å². The van der Waals surface area contributed by atoms with E-state index in [9.17, 15) is 4.79 Å². The molecule has 1 saturated heterocycles.